The minimum atomic E-state index is -0.0902. The average molecular weight is 362 g/mol. The van der Waals surface area contributed by atoms with Crippen molar-refractivity contribution in [1.29, 1.82) is 0 Å². The number of pyridine rings is 1. The van der Waals surface area contributed by atoms with Gasteiger partial charge in [0.05, 0.1) is 11.9 Å². The molecule has 1 fully saturated rings. The lowest BCUT2D eigenvalue weighted by Crippen LogP contribution is -2.50. The van der Waals surface area contributed by atoms with E-state index in [1.165, 1.54) is 11.3 Å². The number of piperazine rings is 1. The molecule has 1 aliphatic rings. The van der Waals surface area contributed by atoms with Crippen LogP contribution in [0.2, 0.25) is 0 Å². The third kappa shape index (κ3) is 3.92. The summed E-state index contributed by atoms with van der Waals surface area (Å²) in [4.78, 5) is 21.0. The van der Waals surface area contributed by atoms with Gasteiger partial charge in [-0.25, -0.2) is 14.5 Å². The highest BCUT2D eigenvalue weighted by Gasteiger charge is 2.21. The number of amides is 2. The predicted molar refractivity (Wildman–Crippen MR) is 105 cm³/mol. The van der Waals surface area contributed by atoms with Crippen molar-refractivity contribution in [2.75, 3.05) is 36.4 Å². The normalized spacial score (nSPS) is 14.3. The number of hydrogen-bond donors (Lipinski definition) is 1. The molecule has 0 saturated carbocycles. The molecule has 0 atom stereocenters. The van der Waals surface area contributed by atoms with Crippen LogP contribution < -0.4 is 10.2 Å². The first-order chi connectivity index (χ1) is 13.2. The maximum absolute atomic E-state index is 12.5. The molecule has 0 aliphatic carbocycles. The number of aromatic nitrogens is 3. The number of rotatable bonds is 3. The summed E-state index contributed by atoms with van der Waals surface area (Å²) in [7, 11) is 0. The van der Waals surface area contributed by atoms with Crippen molar-refractivity contribution in [3.8, 4) is 5.82 Å². The van der Waals surface area contributed by atoms with E-state index in [4.69, 9.17) is 0 Å². The molecule has 1 saturated heterocycles. The number of anilines is 2. The Morgan fingerprint density at radius 3 is 2.59 bits per heavy atom. The van der Waals surface area contributed by atoms with Crippen LogP contribution in [0.1, 0.15) is 5.56 Å². The van der Waals surface area contributed by atoms with Crippen LogP contribution in [0.3, 0.4) is 0 Å². The van der Waals surface area contributed by atoms with Crippen LogP contribution in [-0.2, 0) is 0 Å². The lowest BCUT2D eigenvalue weighted by Gasteiger charge is -2.36. The predicted octanol–water partition coefficient (Wildman–Crippen LogP) is 2.93. The molecule has 2 aromatic heterocycles. The van der Waals surface area contributed by atoms with Crippen molar-refractivity contribution in [3.63, 3.8) is 0 Å². The summed E-state index contributed by atoms with van der Waals surface area (Å²) in [5.74, 6) is 0.713. The Morgan fingerprint density at radius 1 is 1.07 bits per heavy atom. The van der Waals surface area contributed by atoms with Crippen molar-refractivity contribution >= 4 is 17.4 Å². The first-order valence-corrected chi connectivity index (χ1v) is 9.03. The summed E-state index contributed by atoms with van der Waals surface area (Å²) in [6.07, 6.45) is 5.18. The number of aryl methyl sites for hydroxylation is 1. The molecule has 2 amide bonds. The average Bonchev–Trinajstić information content (AvgIpc) is 3.23. The Balaban J connectivity index is 1.33. The van der Waals surface area contributed by atoms with Gasteiger partial charge in [-0.05, 0) is 42.8 Å². The first-order valence-electron chi connectivity index (χ1n) is 9.03. The number of carbonyl (C=O) groups is 1. The van der Waals surface area contributed by atoms with Gasteiger partial charge >= 0.3 is 6.03 Å². The molecule has 0 unspecified atom stereocenters. The minimum absolute atomic E-state index is 0.0902. The van der Waals surface area contributed by atoms with Crippen LogP contribution in [0.5, 0.6) is 0 Å². The lowest BCUT2D eigenvalue weighted by molar-refractivity contribution is 0.208. The Bertz CT molecular complexity index is 898. The number of nitrogens with zero attached hydrogens (tertiary/aromatic N) is 5. The van der Waals surface area contributed by atoms with Gasteiger partial charge < -0.3 is 15.1 Å². The van der Waals surface area contributed by atoms with Crippen molar-refractivity contribution < 1.29 is 4.79 Å². The lowest BCUT2D eigenvalue weighted by atomic mass is 10.2. The van der Waals surface area contributed by atoms with Gasteiger partial charge in [0, 0.05) is 44.3 Å². The zero-order chi connectivity index (χ0) is 18.6. The van der Waals surface area contributed by atoms with Gasteiger partial charge in [-0.2, -0.15) is 5.10 Å². The van der Waals surface area contributed by atoms with E-state index in [2.05, 4.69) is 51.5 Å². The van der Waals surface area contributed by atoms with Crippen LogP contribution in [0.25, 0.3) is 5.82 Å². The third-order valence-electron chi connectivity index (χ3n) is 4.67. The molecule has 138 valence electrons. The molecule has 4 rings (SSSR count). The van der Waals surface area contributed by atoms with Gasteiger partial charge in [0.1, 0.15) is 0 Å². The number of carbonyl (C=O) groups excluding carboxylic acids is 1. The zero-order valence-electron chi connectivity index (χ0n) is 15.2. The fourth-order valence-corrected chi connectivity index (χ4v) is 3.19. The van der Waals surface area contributed by atoms with Crippen LogP contribution in [-0.4, -0.2) is 51.9 Å². The van der Waals surface area contributed by atoms with E-state index in [1.54, 1.807) is 17.1 Å². The van der Waals surface area contributed by atoms with E-state index >= 15 is 0 Å². The summed E-state index contributed by atoms with van der Waals surface area (Å²) in [6, 6.07) is 13.9. The van der Waals surface area contributed by atoms with E-state index in [1.807, 2.05) is 29.3 Å². The van der Waals surface area contributed by atoms with Gasteiger partial charge in [0.2, 0.25) is 0 Å². The number of nitrogens with one attached hydrogen (secondary N) is 1. The van der Waals surface area contributed by atoms with Gasteiger partial charge in [0.15, 0.2) is 5.82 Å². The number of benzene rings is 1. The maximum atomic E-state index is 12.5. The highest BCUT2D eigenvalue weighted by molar-refractivity contribution is 5.89. The second-order valence-corrected chi connectivity index (χ2v) is 6.60. The second-order valence-electron chi connectivity index (χ2n) is 6.60. The van der Waals surface area contributed by atoms with Gasteiger partial charge in [-0.1, -0.05) is 12.1 Å². The molecular weight excluding hydrogens is 340 g/mol. The van der Waals surface area contributed by atoms with Crippen LogP contribution >= 0.6 is 0 Å². The zero-order valence-corrected chi connectivity index (χ0v) is 15.2. The molecule has 1 N–H and O–H groups in total. The standard InChI is InChI=1S/C20H22N6O/c1-16-4-2-5-18(14-16)24-10-12-25(13-11-24)20(27)23-17-6-7-19(21-15-17)26-9-3-8-22-26/h2-9,14-15H,10-13H2,1H3,(H,23,27). The topological polar surface area (TPSA) is 66.3 Å². The molecule has 7 heteroatoms. The van der Waals surface area contributed by atoms with Gasteiger partial charge in [-0.3, -0.25) is 0 Å². The molecule has 1 aliphatic heterocycles. The smallest absolute Gasteiger partial charge is 0.322 e. The quantitative estimate of drug-likeness (QED) is 0.778. The number of urea groups is 1. The van der Waals surface area contributed by atoms with Crippen molar-refractivity contribution in [2.45, 2.75) is 6.92 Å². The molecule has 1 aromatic carbocycles. The second kappa shape index (κ2) is 7.49. The summed E-state index contributed by atoms with van der Waals surface area (Å²) in [6.45, 7) is 5.14. The van der Waals surface area contributed by atoms with E-state index in [-0.39, 0.29) is 6.03 Å². The van der Waals surface area contributed by atoms with Crippen LogP contribution in [0.4, 0.5) is 16.2 Å². The van der Waals surface area contributed by atoms with Crippen molar-refractivity contribution in [2.24, 2.45) is 0 Å². The molecule has 0 bridgehead atoms. The number of hydrogen-bond acceptors (Lipinski definition) is 4. The molecule has 3 aromatic rings. The maximum Gasteiger partial charge on any atom is 0.322 e. The SMILES string of the molecule is Cc1cccc(N2CCN(C(=O)Nc3ccc(-n4cccn4)nc3)CC2)c1. The molecule has 3 heterocycles. The molecule has 0 radical (unpaired) electrons. The molecule has 0 spiro atoms. The third-order valence-corrected chi connectivity index (χ3v) is 4.67. The highest BCUT2D eigenvalue weighted by Crippen LogP contribution is 2.18. The Labute approximate surface area is 158 Å². The highest BCUT2D eigenvalue weighted by atomic mass is 16.2. The fraction of sp³-hybridized carbons (Fsp3) is 0.250. The summed E-state index contributed by atoms with van der Waals surface area (Å²) in [5, 5.41) is 7.07. The fourth-order valence-electron chi connectivity index (χ4n) is 3.19. The van der Waals surface area contributed by atoms with Crippen molar-refractivity contribution in [1.82, 2.24) is 19.7 Å². The van der Waals surface area contributed by atoms with Gasteiger partial charge in [0.25, 0.3) is 0 Å². The summed E-state index contributed by atoms with van der Waals surface area (Å²) in [5.41, 5.74) is 3.14. The van der Waals surface area contributed by atoms with E-state index in [0.717, 1.165) is 13.1 Å². The van der Waals surface area contributed by atoms with Crippen molar-refractivity contribution in [3.05, 3.63) is 66.6 Å². The van der Waals surface area contributed by atoms with E-state index in [9.17, 15) is 4.79 Å². The summed E-state index contributed by atoms with van der Waals surface area (Å²) >= 11 is 0. The van der Waals surface area contributed by atoms with Crippen LogP contribution in [0.15, 0.2) is 61.1 Å². The van der Waals surface area contributed by atoms with E-state index in [0.29, 0.717) is 24.6 Å². The minimum Gasteiger partial charge on any atom is -0.368 e. The molecular formula is C20H22N6O. The molecule has 7 nitrogen and oxygen atoms in total. The largest absolute Gasteiger partial charge is 0.368 e. The van der Waals surface area contributed by atoms with Gasteiger partial charge in [-0.15, -0.1) is 0 Å². The summed E-state index contributed by atoms with van der Waals surface area (Å²) < 4.78 is 1.68. The molecule has 27 heavy (non-hydrogen) atoms. The monoisotopic (exact) mass is 362 g/mol. The Hall–Kier alpha value is -3.35. The Morgan fingerprint density at radius 2 is 1.93 bits per heavy atom. The van der Waals surface area contributed by atoms with E-state index < -0.39 is 0 Å². The van der Waals surface area contributed by atoms with Crippen LogP contribution in [0, 0.1) is 6.92 Å². The Kier molecular flexibility index (Phi) is 4.74. The first kappa shape index (κ1) is 17.1.